The molecule has 0 aliphatic heterocycles. The highest BCUT2D eigenvalue weighted by Crippen LogP contribution is 2.27. The molecule has 2 heterocycles. The zero-order chi connectivity index (χ0) is 10.7. The molecular formula is C11H12N2OS. The van der Waals surface area contributed by atoms with E-state index in [2.05, 4.69) is 16.9 Å². The number of aromatic nitrogens is 2. The van der Waals surface area contributed by atoms with Gasteiger partial charge in [-0.3, -0.25) is 4.98 Å². The number of hydrogen-bond donors (Lipinski definition) is 1. The minimum Gasteiger partial charge on any atom is -0.391 e. The Balaban J connectivity index is 2.44. The van der Waals surface area contributed by atoms with E-state index in [1.54, 1.807) is 12.4 Å². The van der Waals surface area contributed by atoms with Gasteiger partial charge in [-0.25, -0.2) is 4.98 Å². The Labute approximate surface area is 92.5 Å². The van der Waals surface area contributed by atoms with Crippen molar-refractivity contribution in [2.75, 3.05) is 0 Å². The highest BCUT2D eigenvalue weighted by molar-refractivity contribution is 7.15. The van der Waals surface area contributed by atoms with Gasteiger partial charge < -0.3 is 5.11 Å². The number of aryl methyl sites for hydroxylation is 1. The lowest BCUT2D eigenvalue weighted by Crippen LogP contribution is -1.87. The first-order valence-corrected chi connectivity index (χ1v) is 5.65. The monoisotopic (exact) mass is 220 g/mol. The van der Waals surface area contributed by atoms with E-state index in [0.717, 1.165) is 21.9 Å². The standard InChI is InChI=1S/C11H12N2OS/c1-2-8-5-12-4-3-10(8)11-13-6-9(7-14)15-11/h3-6,14H,2,7H2,1H3. The summed E-state index contributed by atoms with van der Waals surface area (Å²) in [5.41, 5.74) is 2.31. The molecule has 0 radical (unpaired) electrons. The molecule has 0 aliphatic rings. The Bertz CT molecular complexity index is 453. The Morgan fingerprint density at radius 1 is 1.40 bits per heavy atom. The maximum Gasteiger partial charge on any atom is 0.124 e. The van der Waals surface area contributed by atoms with Crippen molar-refractivity contribution in [2.45, 2.75) is 20.0 Å². The molecule has 4 heteroatoms. The molecule has 0 aromatic carbocycles. The van der Waals surface area contributed by atoms with E-state index in [1.807, 2.05) is 12.3 Å². The SMILES string of the molecule is CCc1cnccc1-c1ncc(CO)s1. The van der Waals surface area contributed by atoms with Crippen molar-refractivity contribution >= 4 is 11.3 Å². The van der Waals surface area contributed by atoms with Crippen LogP contribution in [0.15, 0.2) is 24.7 Å². The van der Waals surface area contributed by atoms with Crippen molar-refractivity contribution in [3.8, 4) is 10.6 Å². The van der Waals surface area contributed by atoms with Crippen molar-refractivity contribution in [1.82, 2.24) is 9.97 Å². The van der Waals surface area contributed by atoms with E-state index < -0.39 is 0 Å². The number of hydrogen-bond acceptors (Lipinski definition) is 4. The van der Waals surface area contributed by atoms with Gasteiger partial charge in [0.05, 0.1) is 11.5 Å². The first-order chi connectivity index (χ1) is 7.35. The zero-order valence-corrected chi connectivity index (χ0v) is 9.29. The third-order valence-corrected chi connectivity index (χ3v) is 3.24. The van der Waals surface area contributed by atoms with Crippen LogP contribution in [0, 0.1) is 0 Å². The van der Waals surface area contributed by atoms with E-state index in [0.29, 0.717) is 0 Å². The van der Waals surface area contributed by atoms with Crippen LogP contribution in [-0.2, 0) is 13.0 Å². The van der Waals surface area contributed by atoms with Crippen molar-refractivity contribution in [3.05, 3.63) is 35.1 Å². The first kappa shape index (κ1) is 10.3. The second-order valence-electron chi connectivity index (χ2n) is 3.18. The lowest BCUT2D eigenvalue weighted by Gasteiger charge is -2.02. The van der Waals surface area contributed by atoms with Crippen LogP contribution in [0.1, 0.15) is 17.4 Å². The van der Waals surface area contributed by atoms with Gasteiger partial charge in [0.2, 0.25) is 0 Å². The number of aliphatic hydroxyl groups is 1. The smallest absolute Gasteiger partial charge is 0.124 e. The third-order valence-electron chi connectivity index (χ3n) is 2.22. The molecule has 15 heavy (non-hydrogen) atoms. The molecule has 0 unspecified atom stereocenters. The fraction of sp³-hybridized carbons (Fsp3) is 0.273. The summed E-state index contributed by atoms with van der Waals surface area (Å²) in [6.07, 6.45) is 6.31. The van der Waals surface area contributed by atoms with Gasteiger partial charge in [-0.2, -0.15) is 0 Å². The highest BCUT2D eigenvalue weighted by Gasteiger charge is 2.07. The molecule has 0 aliphatic carbocycles. The fourth-order valence-corrected chi connectivity index (χ4v) is 2.26. The zero-order valence-electron chi connectivity index (χ0n) is 8.47. The Hall–Kier alpha value is -1.26. The molecule has 0 spiro atoms. The average molecular weight is 220 g/mol. The summed E-state index contributed by atoms with van der Waals surface area (Å²) < 4.78 is 0. The van der Waals surface area contributed by atoms with Crippen LogP contribution in [0.3, 0.4) is 0 Å². The van der Waals surface area contributed by atoms with E-state index in [9.17, 15) is 0 Å². The van der Waals surface area contributed by atoms with Gasteiger partial charge >= 0.3 is 0 Å². The van der Waals surface area contributed by atoms with E-state index >= 15 is 0 Å². The molecule has 0 atom stereocenters. The maximum absolute atomic E-state index is 8.98. The van der Waals surface area contributed by atoms with Crippen molar-refractivity contribution in [2.24, 2.45) is 0 Å². The molecule has 3 nitrogen and oxygen atoms in total. The molecular weight excluding hydrogens is 208 g/mol. The van der Waals surface area contributed by atoms with E-state index in [-0.39, 0.29) is 6.61 Å². The molecule has 0 fully saturated rings. The Morgan fingerprint density at radius 3 is 2.93 bits per heavy atom. The van der Waals surface area contributed by atoms with Crippen LogP contribution in [0.4, 0.5) is 0 Å². The van der Waals surface area contributed by atoms with Crippen molar-refractivity contribution < 1.29 is 5.11 Å². The molecule has 0 saturated heterocycles. The summed E-state index contributed by atoms with van der Waals surface area (Å²) in [6, 6.07) is 1.97. The summed E-state index contributed by atoms with van der Waals surface area (Å²) in [7, 11) is 0. The lowest BCUT2D eigenvalue weighted by atomic mass is 10.1. The molecule has 0 amide bonds. The van der Waals surface area contributed by atoms with Crippen molar-refractivity contribution in [3.63, 3.8) is 0 Å². The van der Waals surface area contributed by atoms with E-state index in [1.165, 1.54) is 16.9 Å². The summed E-state index contributed by atoms with van der Waals surface area (Å²) in [6.45, 7) is 2.16. The van der Waals surface area contributed by atoms with Gasteiger partial charge in [-0.1, -0.05) is 6.92 Å². The van der Waals surface area contributed by atoms with Crippen LogP contribution in [0.25, 0.3) is 10.6 Å². The van der Waals surface area contributed by atoms with Crippen LogP contribution in [0.2, 0.25) is 0 Å². The van der Waals surface area contributed by atoms with Gasteiger partial charge in [-0.15, -0.1) is 11.3 Å². The molecule has 2 aromatic rings. The molecule has 2 aromatic heterocycles. The fourth-order valence-electron chi connectivity index (χ4n) is 1.42. The number of aliphatic hydroxyl groups excluding tert-OH is 1. The number of nitrogens with zero attached hydrogens (tertiary/aromatic N) is 2. The number of rotatable bonds is 3. The van der Waals surface area contributed by atoms with Crippen LogP contribution in [-0.4, -0.2) is 15.1 Å². The molecule has 0 bridgehead atoms. The largest absolute Gasteiger partial charge is 0.391 e. The summed E-state index contributed by atoms with van der Waals surface area (Å²) in [5, 5.41) is 9.94. The second-order valence-corrected chi connectivity index (χ2v) is 4.29. The number of thiazole rings is 1. The Morgan fingerprint density at radius 2 is 2.27 bits per heavy atom. The summed E-state index contributed by atoms with van der Waals surface area (Å²) in [5.74, 6) is 0. The first-order valence-electron chi connectivity index (χ1n) is 4.84. The molecule has 78 valence electrons. The molecule has 2 rings (SSSR count). The third kappa shape index (κ3) is 2.06. The van der Waals surface area contributed by atoms with E-state index in [4.69, 9.17) is 5.11 Å². The maximum atomic E-state index is 8.98. The van der Waals surface area contributed by atoms with Gasteiger partial charge in [0, 0.05) is 24.2 Å². The van der Waals surface area contributed by atoms with Crippen molar-refractivity contribution in [1.29, 1.82) is 0 Å². The molecule has 1 N–H and O–H groups in total. The average Bonchev–Trinajstić information content (AvgIpc) is 2.77. The van der Waals surface area contributed by atoms with Gasteiger partial charge in [0.15, 0.2) is 0 Å². The molecule has 0 saturated carbocycles. The van der Waals surface area contributed by atoms with Crippen LogP contribution >= 0.6 is 11.3 Å². The quantitative estimate of drug-likeness (QED) is 0.863. The topological polar surface area (TPSA) is 46.0 Å². The van der Waals surface area contributed by atoms with Gasteiger partial charge in [-0.05, 0) is 18.1 Å². The van der Waals surface area contributed by atoms with Crippen LogP contribution < -0.4 is 0 Å². The summed E-state index contributed by atoms with van der Waals surface area (Å²) >= 11 is 1.53. The normalized spacial score (nSPS) is 10.5. The Kier molecular flexibility index (Phi) is 3.08. The van der Waals surface area contributed by atoms with Gasteiger partial charge in [0.1, 0.15) is 5.01 Å². The van der Waals surface area contributed by atoms with Crippen LogP contribution in [0.5, 0.6) is 0 Å². The number of pyridine rings is 1. The van der Waals surface area contributed by atoms with Gasteiger partial charge in [0.25, 0.3) is 0 Å². The minimum atomic E-state index is 0.0597. The predicted octanol–water partition coefficient (Wildman–Crippen LogP) is 2.26. The lowest BCUT2D eigenvalue weighted by molar-refractivity contribution is 0.285. The minimum absolute atomic E-state index is 0.0597. The predicted molar refractivity (Wildman–Crippen MR) is 60.6 cm³/mol. The highest BCUT2D eigenvalue weighted by atomic mass is 32.1. The second kappa shape index (κ2) is 4.51. The summed E-state index contributed by atoms with van der Waals surface area (Å²) in [4.78, 5) is 9.29.